The number of imidazole rings is 1. The van der Waals surface area contributed by atoms with Crippen molar-refractivity contribution in [2.24, 2.45) is 0 Å². The van der Waals surface area contributed by atoms with Gasteiger partial charge in [-0.25, -0.2) is 4.98 Å². The van der Waals surface area contributed by atoms with Crippen LogP contribution in [0.4, 0.5) is 0 Å². The van der Waals surface area contributed by atoms with Crippen molar-refractivity contribution in [1.29, 1.82) is 0 Å². The van der Waals surface area contributed by atoms with Crippen LogP contribution in [-0.2, 0) is 11.3 Å². The Morgan fingerprint density at radius 1 is 1.56 bits per heavy atom. The van der Waals surface area contributed by atoms with Crippen molar-refractivity contribution in [2.75, 3.05) is 13.2 Å². The molecule has 5 heteroatoms. The van der Waals surface area contributed by atoms with Crippen LogP contribution in [0.3, 0.4) is 0 Å². The molecule has 0 saturated carbocycles. The van der Waals surface area contributed by atoms with Crippen molar-refractivity contribution in [3.63, 3.8) is 0 Å². The fourth-order valence-corrected chi connectivity index (χ4v) is 2.88. The smallest absolute Gasteiger partial charge is 0.194 e. The molecule has 0 radical (unpaired) electrons. The Kier molecular flexibility index (Phi) is 4.38. The predicted molar refractivity (Wildman–Crippen MR) is 75.0 cm³/mol. The van der Waals surface area contributed by atoms with Crippen molar-refractivity contribution in [3.8, 4) is 0 Å². The van der Waals surface area contributed by atoms with Crippen LogP contribution in [0.15, 0.2) is 18.2 Å². The van der Waals surface area contributed by atoms with Crippen LogP contribution < -0.4 is 5.32 Å². The fourth-order valence-electron chi connectivity index (χ4n) is 1.95. The summed E-state index contributed by atoms with van der Waals surface area (Å²) in [5, 5.41) is 5.57. The number of ether oxygens (including phenoxy) is 1. The molecular formula is C13H19N3OS. The highest BCUT2D eigenvalue weighted by molar-refractivity contribution is 7.15. The van der Waals surface area contributed by atoms with Gasteiger partial charge in [-0.1, -0.05) is 6.58 Å². The summed E-state index contributed by atoms with van der Waals surface area (Å²) in [4.78, 5) is 5.65. The molecule has 0 spiro atoms. The quantitative estimate of drug-likeness (QED) is 0.618. The molecule has 2 aromatic heterocycles. The lowest BCUT2D eigenvalue weighted by atomic mass is 10.3. The summed E-state index contributed by atoms with van der Waals surface area (Å²) in [7, 11) is 0. The second kappa shape index (κ2) is 6.02. The highest BCUT2D eigenvalue weighted by Gasteiger charge is 2.11. The average molecular weight is 265 g/mol. The molecule has 4 nitrogen and oxygen atoms in total. The molecule has 2 rings (SSSR count). The zero-order valence-electron chi connectivity index (χ0n) is 10.9. The van der Waals surface area contributed by atoms with Crippen LogP contribution in [0.25, 0.3) is 4.96 Å². The average Bonchev–Trinajstić information content (AvgIpc) is 2.85. The molecule has 0 bridgehead atoms. The maximum absolute atomic E-state index is 5.08. The molecule has 0 amide bonds. The van der Waals surface area contributed by atoms with E-state index < -0.39 is 0 Å². The van der Waals surface area contributed by atoms with Crippen LogP contribution in [0, 0.1) is 13.8 Å². The number of fused-ring (bicyclic) bond motifs is 1. The molecule has 0 unspecified atom stereocenters. The van der Waals surface area contributed by atoms with Crippen molar-refractivity contribution in [3.05, 3.63) is 35.3 Å². The summed E-state index contributed by atoms with van der Waals surface area (Å²) in [6.07, 6.45) is 2.47. The second-order valence-electron chi connectivity index (χ2n) is 4.21. The minimum absolute atomic E-state index is 0.717. The third-order valence-corrected chi connectivity index (χ3v) is 3.80. The van der Waals surface area contributed by atoms with Gasteiger partial charge in [-0.3, -0.25) is 4.40 Å². The van der Waals surface area contributed by atoms with Crippen LogP contribution in [0.5, 0.6) is 0 Å². The molecular weight excluding hydrogens is 246 g/mol. The van der Waals surface area contributed by atoms with Gasteiger partial charge in [0.15, 0.2) is 4.96 Å². The lowest BCUT2D eigenvalue weighted by Gasteiger charge is -2.06. The van der Waals surface area contributed by atoms with Gasteiger partial charge in [0.05, 0.1) is 24.3 Å². The van der Waals surface area contributed by atoms with Crippen LogP contribution in [-0.4, -0.2) is 22.5 Å². The Morgan fingerprint density at radius 2 is 2.39 bits per heavy atom. The van der Waals surface area contributed by atoms with Crippen molar-refractivity contribution in [1.82, 2.24) is 14.7 Å². The number of nitrogens with one attached hydrogen (secondary N) is 1. The van der Waals surface area contributed by atoms with Crippen molar-refractivity contribution >= 4 is 16.3 Å². The normalized spacial score (nSPS) is 11.0. The van der Waals surface area contributed by atoms with Gasteiger partial charge in [-0.05, 0) is 26.8 Å². The van der Waals surface area contributed by atoms with Gasteiger partial charge in [-0.15, -0.1) is 11.3 Å². The fraction of sp³-hybridized carbons (Fsp3) is 0.462. The van der Waals surface area contributed by atoms with Crippen LogP contribution >= 0.6 is 11.3 Å². The van der Waals surface area contributed by atoms with Crippen LogP contribution in [0.1, 0.15) is 23.5 Å². The van der Waals surface area contributed by atoms with E-state index in [1.54, 1.807) is 11.3 Å². The minimum atomic E-state index is 0.717. The molecule has 0 saturated heterocycles. The Hall–Kier alpha value is -1.33. The first kappa shape index (κ1) is 13.1. The number of rotatable bonds is 7. The Morgan fingerprint density at radius 3 is 3.17 bits per heavy atom. The van der Waals surface area contributed by atoms with Crippen LogP contribution in [0.2, 0.25) is 0 Å². The van der Waals surface area contributed by atoms with Gasteiger partial charge in [-0.2, -0.15) is 0 Å². The summed E-state index contributed by atoms with van der Waals surface area (Å²) in [6, 6.07) is 0. The first-order valence-electron chi connectivity index (χ1n) is 6.09. The van der Waals surface area contributed by atoms with Gasteiger partial charge in [0.2, 0.25) is 0 Å². The monoisotopic (exact) mass is 265 g/mol. The third-order valence-electron chi connectivity index (χ3n) is 2.86. The van der Waals surface area contributed by atoms with E-state index in [0.29, 0.717) is 0 Å². The summed E-state index contributed by atoms with van der Waals surface area (Å²) in [5.74, 6) is 0. The first-order valence-corrected chi connectivity index (χ1v) is 6.97. The lowest BCUT2D eigenvalue weighted by Crippen LogP contribution is -2.17. The lowest BCUT2D eigenvalue weighted by molar-refractivity contribution is 0.244. The number of aromatic nitrogens is 2. The van der Waals surface area contributed by atoms with Crippen molar-refractivity contribution < 1.29 is 4.74 Å². The number of aryl methyl sites for hydroxylation is 2. The van der Waals surface area contributed by atoms with Gasteiger partial charge in [0.25, 0.3) is 0 Å². The Bertz CT molecular complexity index is 530. The highest BCUT2D eigenvalue weighted by Crippen LogP contribution is 2.20. The minimum Gasteiger partial charge on any atom is -0.502 e. The number of hydrogen-bond acceptors (Lipinski definition) is 4. The standard InChI is InChI=1S/C13H19N3OS/c1-4-17-7-5-6-14-8-12-11(3)15-13-16(12)10(2)9-18-13/h4,9,14H,1,5-8H2,2-3H3. The topological polar surface area (TPSA) is 38.6 Å². The number of hydrogen-bond donors (Lipinski definition) is 1. The molecule has 0 aromatic carbocycles. The molecule has 2 aromatic rings. The van der Waals surface area contributed by atoms with E-state index in [-0.39, 0.29) is 0 Å². The SMILES string of the molecule is C=COCCCNCc1c(C)nc2scc(C)n12. The van der Waals surface area contributed by atoms with Gasteiger partial charge < -0.3 is 10.1 Å². The molecule has 2 heterocycles. The highest BCUT2D eigenvalue weighted by atomic mass is 32.1. The number of thiazole rings is 1. The van der Waals surface area contributed by atoms with Gasteiger partial charge in [0, 0.05) is 17.6 Å². The molecule has 0 aliphatic rings. The second-order valence-corrected chi connectivity index (χ2v) is 5.04. The Balaban J connectivity index is 1.92. The summed E-state index contributed by atoms with van der Waals surface area (Å²) in [6.45, 7) is 10.2. The Labute approximate surface area is 111 Å². The zero-order chi connectivity index (χ0) is 13.0. The maximum atomic E-state index is 5.08. The third kappa shape index (κ3) is 2.73. The molecule has 0 fully saturated rings. The molecule has 1 N–H and O–H groups in total. The molecule has 18 heavy (non-hydrogen) atoms. The zero-order valence-corrected chi connectivity index (χ0v) is 11.7. The van der Waals surface area contributed by atoms with E-state index in [1.807, 2.05) is 0 Å². The predicted octanol–water partition coefficient (Wildman–Crippen LogP) is 2.65. The molecule has 98 valence electrons. The number of nitrogens with zero attached hydrogens (tertiary/aromatic N) is 2. The van der Waals surface area contributed by atoms with E-state index in [0.717, 1.165) is 36.8 Å². The van der Waals surface area contributed by atoms with E-state index in [2.05, 4.69) is 40.5 Å². The van der Waals surface area contributed by atoms with E-state index >= 15 is 0 Å². The summed E-state index contributed by atoms with van der Waals surface area (Å²) >= 11 is 1.69. The maximum Gasteiger partial charge on any atom is 0.194 e. The molecule has 0 aliphatic heterocycles. The molecule has 0 aliphatic carbocycles. The van der Waals surface area contributed by atoms with Gasteiger partial charge in [0.1, 0.15) is 0 Å². The van der Waals surface area contributed by atoms with E-state index in [4.69, 9.17) is 4.74 Å². The molecule has 0 atom stereocenters. The largest absolute Gasteiger partial charge is 0.502 e. The van der Waals surface area contributed by atoms with E-state index in [9.17, 15) is 0 Å². The van der Waals surface area contributed by atoms with Gasteiger partial charge >= 0.3 is 0 Å². The van der Waals surface area contributed by atoms with E-state index in [1.165, 1.54) is 17.6 Å². The summed E-state index contributed by atoms with van der Waals surface area (Å²) in [5.41, 5.74) is 3.62. The van der Waals surface area contributed by atoms with Crippen molar-refractivity contribution in [2.45, 2.75) is 26.8 Å². The summed E-state index contributed by atoms with van der Waals surface area (Å²) < 4.78 is 7.31. The first-order chi connectivity index (χ1) is 8.74.